The Morgan fingerprint density at radius 2 is 1.96 bits per heavy atom. The van der Waals surface area contributed by atoms with Gasteiger partial charge in [-0.3, -0.25) is 0 Å². The van der Waals surface area contributed by atoms with Crippen molar-refractivity contribution in [1.29, 1.82) is 0 Å². The fourth-order valence-corrected chi connectivity index (χ4v) is 4.44. The minimum absolute atomic E-state index is 0.261. The molecular formula is C18H19NO5S. The van der Waals surface area contributed by atoms with Gasteiger partial charge in [0.25, 0.3) is 0 Å². The predicted octanol–water partition coefficient (Wildman–Crippen LogP) is 1.91. The lowest BCUT2D eigenvalue weighted by Gasteiger charge is -2.26. The van der Waals surface area contributed by atoms with Crippen molar-refractivity contribution in [2.75, 3.05) is 20.3 Å². The normalized spacial score (nSPS) is 18.7. The van der Waals surface area contributed by atoms with Gasteiger partial charge in [-0.15, -0.1) is 0 Å². The molecular weight excluding hydrogens is 342 g/mol. The van der Waals surface area contributed by atoms with E-state index in [1.54, 1.807) is 25.3 Å². The molecule has 2 heterocycles. The first kappa shape index (κ1) is 16.2. The summed E-state index contributed by atoms with van der Waals surface area (Å²) >= 11 is 0. The smallest absolute Gasteiger partial charge is 0.240 e. The lowest BCUT2D eigenvalue weighted by molar-refractivity contribution is 0.252. The molecule has 1 atom stereocenters. The van der Waals surface area contributed by atoms with Crippen LogP contribution in [-0.4, -0.2) is 34.8 Å². The minimum atomic E-state index is -3.61. The molecule has 4 rings (SSSR count). The fourth-order valence-electron chi connectivity index (χ4n) is 3.17. The predicted molar refractivity (Wildman–Crippen MR) is 91.9 cm³/mol. The Hall–Kier alpha value is -2.25. The third-order valence-corrected chi connectivity index (χ3v) is 5.99. The van der Waals surface area contributed by atoms with Gasteiger partial charge in [0.1, 0.15) is 23.9 Å². The van der Waals surface area contributed by atoms with Crippen LogP contribution in [-0.2, 0) is 22.9 Å². The van der Waals surface area contributed by atoms with Crippen LogP contribution >= 0.6 is 0 Å². The van der Waals surface area contributed by atoms with Crippen LogP contribution in [0.2, 0.25) is 0 Å². The zero-order valence-corrected chi connectivity index (χ0v) is 14.6. The highest BCUT2D eigenvalue weighted by Gasteiger charge is 2.26. The third kappa shape index (κ3) is 3.17. The van der Waals surface area contributed by atoms with Gasteiger partial charge in [-0.05, 0) is 41.8 Å². The molecule has 1 N–H and O–H groups in total. The van der Waals surface area contributed by atoms with Gasteiger partial charge in [0.05, 0.1) is 24.7 Å². The summed E-state index contributed by atoms with van der Waals surface area (Å²) in [7, 11) is -2.01. The molecule has 1 unspecified atom stereocenters. The summed E-state index contributed by atoms with van der Waals surface area (Å²) in [5, 5.41) is 0. The number of sulfonamides is 1. The molecule has 2 aliphatic heterocycles. The van der Waals surface area contributed by atoms with E-state index < -0.39 is 10.0 Å². The lowest BCUT2D eigenvalue weighted by Crippen LogP contribution is -2.42. The van der Waals surface area contributed by atoms with Gasteiger partial charge in [0.2, 0.25) is 10.0 Å². The van der Waals surface area contributed by atoms with Crippen molar-refractivity contribution in [2.45, 2.75) is 23.8 Å². The van der Waals surface area contributed by atoms with Crippen molar-refractivity contribution in [3.8, 4) is 17.2 Å². The third-order valence-electron chi connectivity index (χ3n) is 4.47. The highest BCUT2D eigenvalue weighted by Crippen LogP contribution is 2.30. The fraction of sp³-hybridized carbons (Fsp3) is 0.333. The molecule has 2 aliphatic rings. The largest absolute Gasteiger partial charge is 0.497 e. The molecule has 0 bridgehead atoms. The zero-order chi connectivity index (χ0) is 17.4. The minimum Gasteiger partial charge on any atom is -0.497 e. The van der Waals surface area contributed by atoms with Crippen LogP contribution in [0, 0.1) is 0 Å². The van der Waals surface area contributed by atoms with E-state index in [1.807, 2.05) is 18.2 Å². The monoisotopic (exact) mass is 361 g/mol. The molecule has 0 fully saturated rings. The van der Waals surface area contributed by atoms with Gasteiger partial charge < -0.3 is 14.2 Å². The quantitative estimate of drug-likeness (QED) is 0.901. The standard InChI is InChI=1S/C18H19NO5S/c1-22-15-3-2-12-8-14(11-24-18(12)10-15)19-25(20,21)16-4-5-17-13(9-16)6-7-23-17/h2-5,9-10,14,19H,6-8,11H2,1H3. The molecule has 0 aromatic heterocycles. The summed E-state index contributed by atoms with van der Waals surface area (Å²) in [6, 6.07) is 10.2. The number of hydrogen-bond acceptors (Lipinski definition) is 5. The van der Waals surface area contributed by atoms with E-state index in [2.05, 4.69) is 4.72 Å². The molecule has 0 spiro atoms. The molecule has 6 nitrogen and oxygen atoms in total. The second-order valence-electron chi connectivity index (χ2n) is 6.17. The summed E-state index contributed by atoms with van der Waals surface area (Å²) in [5.41, 5.74) is 1.89. The van der Waals surface area contributed by atoms with E-state index in [1.165, 1.54) is 0 Å². The van der Waals surface area contributed by atoms with Gasteiger partial charge in [0.15, 0.2) is 0 Å². The second kappa shape index (κ2) is 6.24. The van der Waals surface area contributed by atoms with E-state index in [0.717, 1.165) is 34.8 Å². The second-order valence-corrected chi connectivity index (χ2v) is 7.89. The van der Waals surface area contributed by atoms with Gasteiger partial charge in [-0.2, -0.15) is 0 Å². The molecule has 25 heavy (non-hydrogen) atoms. The van der Waals surface area contributed by atoms with Crippen LogP contribution in [0.5, 0.6) is 17.2 Å². The first-order chi connectivity index (χ1) is 12.0. The molecule has 0 radical (unpaired) electrons. The molecule has 7 heteroatoms. The highest BCUT2D eigenvalue weighted by molar-refractivity contribution is 7.89. The van der Waals surface area contributed by atoms with Crippen LogP contribution < -0.4 is 18.9 Å². The molecule has 132 valence electrons. The van der Waals surface area contributed by atoms with Crippen molar-refractivity contribution in [2.24, 2.45) is 0 Å². The van der Waals surface area contributed by atoms with Crippen molar-refractivity contribution >= 4 is 10.0 Å². The number of rotatable bonds is 4. The maximum absolute atomic E-state index is 12.7. The van der Waals surface area contributed by atoms with E-state index in [-0.39, 0.29) is 17.5 Å². The average Bonchev–Trinajstić information content (AvgIpc) is 3.08. The van der Waals surface area contributed by atoms with Gasteiger partial charge in [0, 0.05) is 12.5 Å². The van der Waals surface area contributed by atoms with Crippen LogP contribution in [0.1, 0.15) is 11.1 Å². The molecule has 2 aromatic rings. The topological polar surface area (TPSA) is 73.9 Å². The number of methoxy groups -OCH3 is 1. The molecule has 2 aromatic carbocycles. The van der Waals surface area contributed by atoms with E-state index in [9.17, 15) is 8.42 Å². The molecule has 0 saturated heterocycles. The number of fused-ring (bicyclic) bond motifs is 2. The zero-order valence-electron chi connectivity index (χ0n) is 13.8. The molecule has 0 saturated carbocycles. The highest BCUT2D eigenvalue weighted by atomic mass is 32.2. The van der Waals surface area contributed by atoms with E-state index in [4.69, 9.17) is 14.2 Å². The van der Waals surface area contributed by atoms with Crippen molar-refractivity contribution in [3.05, 3.63) is 47.5 Å². The van der Waals surface area contributed by atoms with Crippen LogP contribution in [0.25, 0.3) is 0 Å². The Kier molecular flexibility index (Phi) is 4.05. The van der Waals surface area contributed by atoms with Crippen molar-refractivity contribution in [1.82, 2.24) is 4.72 Å². The van der Waals surface area contributed by atoms with Crippen molar-refractivity contribution in [3.63, 3.8) is 0 Å². The molecule has 0 aliphatic carbocycles. The maximum atomic E-state index is 12.7. The van der Waals surface area contributed by atoms with E-state index in [0.29, 0.717) is 13.0 Å². The van der Waals surface area contributed by atoms with E-state index >= 15 is 0 Å². The Labute approximate surface area is 146 Å². The van der Waals surface area contributed by atoms with Gasteiger partial charge >= 0.3 is 0 Å². The Bertz CT molecular complexity index is 910. The van der Waals surface area contributed by atoms with Crippen molar-refractivity contribution < 1.29 is 22.6 Å². The Balaban J connectivity index is 1.51. The number of benzene rings is 2. The summed E-state index contributed by atoms with van der Waals surface area (Å²) in [5.74, 6) is 2.23. The first-order valence-corrected chi connectivity index (χ1v) is 9.61. The SMILES string of the molecule is COc1ccc2c(c1)OCC(NS(=O)(=O)c1ccc3c(c1)CCO3)C2. The van der Waals surface area contributed by atoms with Crippen LogP contribution in [0.15, 0.2) is 41.3 Å². The number of hydrogen-bond donors (Lipinski definition) is 1. The Morgan fingerprint density at radius 3 is 2.80 bits per heavy atom. The number of nitrogens with one attached hydrogen (secondary N) is 1. The summed E-state index contributed by atoms with van der Waals surface area (Å²) in [4.78, 5) is 0.261. The lowest BCUT2D eigenvalue weighted by atomic mass is 10.0. The van der Waals surface area contributed by atoms with Crippen LogP contribution in [0.4, 0.5) is 0 Å². The van der Waals surface area contributed by atoms with Crippen LogP contribution in [0.3, 0.4) is 0 Å². The summed E-state index contributed by atoms with van der Waals surface area (Å²) in [6.07, 6.45) is 1.31. The Morgan fingerprint density at radius 1 is 1.08 bits per heavy atom. The first-order valence-electron chi connectivity index (χ1n) is 8.13. The molecule has 0 amide bonds. The summed E-state index contributed by atoms with van der Waals surface area (Å²) in [6.45, 7) is 0.885. The van der Waals surface area contributed by atoms with Gasteiger partial charge in [-0.1, -0.05) is 6.07 Å². The average molecular weight is 361 g/mol. The number of ether oxygens (including phenoxy) is 3. The van der Waals surface area contributed by atoms with Gasteiger partial charge in [-0.25, -0.2) is 13.1 Å². The summed E-state index contributed by atoms with van der Waals surface area (Å²) < 4.78 is 44.4. The maximum Gasteiger partial charge on any atom is 0.240 e.